The Bertz CT molecular complexity index is 236. The van der Waals surface area contributed by atoms with Crippen LogP contribution in [0.3, 0.4) is 0 Å². The maximum atomic E-state index is 11.6. The second-order valence-electron chi connectivity index (χ2n) is 6.08. The minimum absolute atomic E-state index is 0.116. The van der Waals surface area contributed by atoms with Gasteiger partial charge in [0.05, 0.1) is 0 Å². The predicted octanol–water partition coefficient (Wildman–Crippen LogP) is 4.31. The Balaban J connectivity index is 3.40. The summed E-state index contributed by atoms with van der Waals surface area (Å²) in [4.78, 5) is 22.6. The van der Waals surface area contributed by atoms with Crippen LogP contribution in [0, 0.1) is 5.41 Å². The highest BCUT2D eigenvalue weighted by Crippen LogP contribution is 2.20. The van der Waals surface area contributed by atoms with Crippen molar-refractivity contribution in [2.45, 2.75) is 79.1 Å². The molecule has 0 aliphatic heterocycles. The summed E-state index contributed by atoms with van der Waals surface area (Å²) >= 11 is 0. The van der Waals surface area contributed by atoms with E-state index in [9.17, 15) is 9.59 Å². The highest BCUT2D eigenvalue weighted by molar-refractivity contribution is 5.79. The second kappa shape index (κ2) is 8.43. The van der Waals surface area contributed by atoms with Gasteiger partial charge in [-0.2, -0.15) is 0 Å². The first-order chi connectivity index (χ1) is 7.85. The molecule has 17 heavy (non-hydrogen) atoms. The molecule has 0 bridgehead atoms. The minimum atomic E-state index is 0.116. The van der Waals surface area contributed by atoms with Crippen molar-refractivity contribution in [1.29, 1.82) is 0 Å². The van der Waals surface area contributed by atoms with Crippen LogP contribution in [0.5, 0.6) is 0 Å². The SMILES string of the molecule is CCC(=O)CCCCCCC(=O)CC(C)(C)C. The molecule has 2 heteroatoms. The summed E-state index contributed by atoms with van der Waals surface area (Å²) in [7, 11) is 0. The molecule has 0 N–H and O–H groups in total. The lowest BCUT2D eigenvalue weighted by Gasteiger charge is -2.16. The smallest absolute Gasteiger partial charge is 0.133 e. The Labute approximate surface area is 106 Å². The molecule has 0 aromatic rings. The molecular formula is C15H28O2. The van der Waals surface area contributed by atoms with Crippen LogP contribution >= 0.6 is 0 Å². The summed E-state index contributed by atoms with van der Waals surface area (Å²) in [6.07, 6.45) is 6.88. The molecule has 0 rings (SSSR count). The lowest BCUT2D eigenvalue weighted by atomic mass is 9.88. The fourth-order valence-corrected chi connectivity index (χ4v) is 1.85. The Kier molecular flexibility index (Phi) is 8.11. The van der Waals surface area contributed by atoms with Gasteiger partial charge in [0.1, 0.15) is 11.6 Å². The molecule has 100 valence electrons. The van der Waals surface area contributed by atoms with Crippen molar-refractivity contribution in [3.05, 3.63) is 0 Å². The van der Waals surface area contributed by atoms with E-state index in [1.807, 2.05) is 6.92 Å². The molecule has 0 saturated heterocycles. The molecule has 0 atom stereocenters. The van der Waals surface area contributed by atoms with Crippen LogP contribution in [0.15, 0.2) is 0 Å². The number of carbonyl (C=O) groups excluding carboxylic acids is 2. The van der Waals surface area contributed by atoms with Crippen LogP contribution in [0.4, 0.5) is 0 Å². The van der Waals surface area contributed by atoms with Crippen molar-refractivity contribution in [1.82, 2.24) is 0 Å². The van der Waals surface area contributed by atoms with E-state index in [-0.39, 0.29) is 5.41 Å². The van der Waals surface area contributed by atoms with Crippen LogP contribution in [-0.2, 0) is 9.59 Å². The molecule has 0 amide bonds. The van der Waals surface area contributed by atoms with E-state index in [1.54, 1.807) is 0 Å². The summed E-state index contributed by atoms with van der Waals surface area (Å²) < 4.78 is 0. The number of hydrogen-bond donors (Lipinski definition) is 0. The van der Waals surface area contributed by atoms with Crippen molar-refractivity contribution < 1.29 is 9.59 Å². The van der Waals surface area contributed by atoms with Crippen LogP contribution in [-0.4, -0.2) is 11.6 Å². The van der Waals surface area contributed by atoms with Crippen LogP contribution < -0.4 is 0 Å². The molecule has 0 spiro atoms. The van der Waals surface area contributed by atoms with Crippen LogP contribution in [0.1, 0.15) is 79.1 Å². The van der Waals surface area contributed by atoms with E-state index in [4.69, 9.17) is 0 Å². The minimum Gasteiger partial charge on any atom is -0.300 e. The maximum Gasteiger partial charge on any atom is 0.133 e. The Morgan fingerprint density at radius 1 is 0.824 bits per heavy atom. The van der Waals surface area contributed by atoms with E-state index >= 15 is 0 Å². The molecule has 2 nitrogen and oxygen atoms in total. The van der Waals surface area contributed by atoms with Gasteiger partial charge < -0.3 is 0 Å². The number of carbonyl (C=O) groups is 2. The highest BCUT2D eigenvalue weighted by atomic mass is 16.1. The number of rotatable bonds is 9. The quantitative estimate of drug-likeness (QED) is 0.563. The normalized spacial score (nSPS) is 11.5. The van der Waals surface area contributed by atoms with Gasteiger partial charge in [-0.1, -0.05) is 40.5 Å². The van der Waals surface area contributed by atoms with Gasteiger partial charge in [-0.25, -0.2) is 0 Å². The maximum absolute atomic E-state index is 11.6. The molecule has 0 unspecified atom stereocenters. The Morgan fingerprint density at radius 2 is 1.29 bits per heavy atom. The standard InChI is InChI=1S/C15H28O2/c1-5-13(16)10-8-6-7-9-11-14(17)12-15(2,3)4/h5-12H2,1-4H3. The lowest BCUT2D eigenvalue weighted by molar-refractivity contribution is -0.121. The van der Waals surface area contributed by atoms with Crippen LogP contribution in [0.2, 0.25) is 0 Å². The monoisotopic (exact) mass is 240 g/mol. The third kappa shape index (κ3) is 11.6. The molecule has 0 fully saturated rings. The largest absolute Gasteiger partial charge is 0.300 e. The van der Waals surface area contributed by atoms with Gasteiger partial charge in [-0.15, -0.1) is 0 Å². The molecule has 0 radical (unpaired) electrons. The molecule has 0 aliphatic carbocycles. The van der Waals surface area contributed by atoms with E-state index in [2.05, 4.69) is 20.8 Å². The van der Waals surface area contributed by atoms with E-state index in [0.29, 0.717) is 37.2 Å². The summed E-state index contributed by atoms with van der Waals surface area (Å²) in [6.45, 7) is 8.21. The summed E-state index contributed by atoms with van der Waals surface area (Å²) in [5.41, 5.74) is 0.116. The predicted molar refractivity (Wildman–Crippen MR) is 72.1 cm³/mol. The summed E-state index contributed by atoms with van der Waals surface area (Å²) in [6, 6.07) is 0. The number of Topliss-reactive ketones (excluding diaryl/α,β-unsaturated/α-hetero) is 2. The van der Waals surface area contributed by atoms with Gasteiger partial charge in [0.15, 0.2) is 0 Å². The molecule has 0 aliphatic rings. The molecular weight excluding hydrogens is 212 g/mol. The van der Waals surface area contributed by atoms with Gasteiger partial charge in [0.2, 0.25) is 0 Å². The van der Waals surface area contributed by atoms with E-state index in [1.165, 1.54) is 0 Å². The van der Waals surface area contributed by atoms with Crippen molar-refractivity contribution in [2.24, 2.45) is 5.41 Å². The molecule has 0 aromatic carbocycles. The first kappa shape index (κ1) is 16.3. The Hall–Kier alpha value is -0.660. The van der Waals surface area contributed by atoms with Gasteiger partial charge >= 0.3 is 0 Å². The Morgan fingerprint density at radius 3 is 1.71 bits per heavy atom. The summed E-state index contributed by atoms with van der Waals surface area (Å²) in [5, 5.41) is 0. The lowest BCUT2D eigenvalue weighted by Crippen LogP contribution is -2.12. The van der Waals surface area contributed by atoms with Crippen LogP contribution in [0.25, 0.3) is 0 Å². The zero-order chi connectivity index (χ0) is 13.3. The van der Waals surface area contributed by atoms with E-state index in [0.717, 1.165) is 25.7 Å². The molecule has 0 aromatic heterocycles. The number of unbranched alkanes of at least 4 members (excludes halogenated alkanes) is 3. The average molecular weight is 240 g/mol. The molecule has 0 saturated carbocycles. The zero-order valence-corrected chi connectivity index (χ0v) is 12.0. The fourth-order valence-electron chi connectivity index (χ4n) is 1.85. The van der Waals surface area contributed by atoms with Crippen molar-refractivity contribution in [2.75, 3.05) is 0 Å². The van der Waals surface area contributed by atoms with E-state index < -0.39 is 0 Å². The van der Waals surface area contributed by atoms with Gasteiger partial charge in [-0.05, 0) is 18.3 Å². The molecule has 0 heterocycles. The van der Waals surface area contributed by atoms with Gasteiger partial charge in [-0.3, -0.25) is 9.59 Å². The third-order valence-electron chi connectivity index (χ3n) is 2.78. The topological polar surface area (TPSA) is 34.1 Å². The fraction of sp³-hybridized carbons (Fsp3) is 0.867. The highest BCUT2D eigenvalue weighted by Gasteiger charge is 2.15. The van der Waals surface area contributed by atoms with Crippen molar-refractivity contribution >= 4 is 11.6 Å². The zero-order valence-electron chi connectivity index (χ0n) is 12.0. The van der Waals surface area contributed by atoms with Gasteiger partial charge in [0.25, 0.3) is 0 Å². The van der Waals surface area contributed by atoms with Crippen molar-refractivity contribution in [3.63, 3.8) is 0 Å². The number of ketones is 2. The van der Waals surface area contributed by atoms with Crippen molar-refractivity contribution in [3.8, 4) is 0 Å². The van der Waals surface area contributed by atoms with Gasteiger partial charge in [0, 0.05) is 25.7 Å². The number of hydrogen-bond acceptors (Lipinski definition) is 2. The second-order valence-corrected chi connectivity index (χ2v) is 6.08. The summed E-state index contributed by atoms with van der Waals surface area (Å²) in [5.74, 6) is 0.732. The third-order valence-corrected chi connectivity index (χ3v) is 2.78. The first-order valence-corrected chi connectivity index (χ1v) is 6.88. The first-order valence-electron chi connectivity index (χ1n) is 6.88. The average Bonchev–Trinajstić information content (AvgIpc) is 2.20.